The van der Waals surface area contributed by atoms with E-state index in [9.17, 15) is 9.59 Å². The van der Waals surface area contributed by atoms with Gasteiger partial charge in [-0.1, -0.05) is 30.3 Å². The Morgan fingerprint density at radius 3 is 2.73 bits per heavy atom. The molecule has 1 aliphatic heterocycles. The van der Waals surface area contributed by atoms with Crippen molar-refractivity contribution in [1.29, 1.82) is 0 Å². The highest BCUT2D eigenvalue weighted by Gasteiger charge is 2.37. The Morgan fingerprint density at radius 1 is 1.40 bits per heavy atom. The molecule has 1 unspecified atom stereocenters. The maximum Gasteiger partial charge on any atom is 0.295 e. The highest BCUT2D eigenvalue weighted by atomic mass is 16.5. The molecule has 1 saturated heterocycles. The third-order valence-electron chi connectivity index (χ3n) is 2.43. The second-order valence-corrected chi connectivity index (χ2v) is 3.40. The number of hydrogen-bond acceptors (Lipinski definition) is 3. The van der Waals surface area contributed by atoms with E-state index in [0.29, 0.717) is 19.4 Å². The first-order valence-electron chi connectivity index (χ1n) is 4.74. The lowest BCUT2D eigenvalue weighted by atomic mass is 10.1. The van der Waals surface area contributed by atoms with Crippen molar-refractivity contribution in [3.05, 3.63) is 35.9 Å². The van der Waals surface area contributed by atoms with Crippen molar-refractivity contribution in [3.8, 4) is 0 Å². The van der Waals surface area contributed by atoms with Gasteiger partial charge in [-0.3, -0.25) is 9.59 Å². The first-order valence-corrected chi connectivity index (χ1v) is 4.74. The highest BCUT2D eigenvalue weighted by Crippen LogP contribution is 2.22. The van der Waals surface area contributed by atoms with E-state index in [1.54, 1.807) is 4.90 Å². The van der Waals surface area contributed by atoms with Gasteiger partial charge in [0, 0.05) is 6.54 Å². The maximum absolute atomic E-state index is 11.3. The molecule has 0 aromatic heterocycles. The van der Waals surface area contributed by atoms with E-state index in [2.05, 4.69) is 0 Å². The zero-order chi connectivity index (χ0) is 10.7. The summed E-state index contributed by atoms with van der Waals surface area (Å²) in [4.78, 5) is 22.9. The van der Waals surface area contributed by atoms with Crippen LogP contribution in [0.25, 0.3) is 0 Å². The standard InChI is InChI=1S/C11H11NO3/c13-8-15-11-6-10(14)12(11)7-9-4-2-1-3-5-9/h1-5,8,11H,6-7H2. The molecule has 2 rings (SSSR count). The molecule has 0 N–H and O–H groups in total. The summed E-state index contributed by atoms with van der Waals surface area (Å²) in [6.07, 6.45) is -0.0822. The number of likely N-dealkylation sites (tertiary alicyclic amines) is 1. The van der Waals surface area contributed by atoms with E-state index in [1.165, 1.54) is 0 Å². The minimum atomic E-state index is -0.379. The second kappa shape index (κ2) is 4.13. The van der Waals surface area contributed by atoms with Gasteiger partial charge >= 0.3 is 0 Å². The molecular weight excluding hydrogens is 194 g/mol. The summed E-state index contributed by atoms with van der Waals surface area (Å²) in [6.45, 7) is 0.882. The second-order valence-electron chi connectivity index (χ2n) is 3.40. The van der Waals surface area contributed by atoms with Crippen molar-refractivity contribution in [2.75, 3.05) is 0 Å². The third kappa shape index (κ3) is 1.98. The van der Waals surface area contributed by atoms with Crippen molar-refractivity contribution in [3.63, 3.8) is 0 Å². The number of β-lactam (4-membered cyclic amide) rings is 1. The number of hydrogen-bond donors (Lipinski definition) is 0. The fourth-order valence-electron chi connectivity index (χ4n) is 1.58. The van der Waals surface area contributed by atoms with E-state index in [1.807, 2.05) is 30.3 Å². The average molecular weight is 205 g/mol. The number of amides is 1. The molecule has 1 fully saturated rings. The Kier molecular flexibility index (Phi) is 2.67. The molecular formula is C11H11NO3. The van der Waals surface area contributed by atoms with Gasteiger partial charge in [0.05, 0.1) is 6.42 Å². The van der Waals surface area contributed by atoms with Gasteiger partial charge in [0.1, 0.15) is 0 Å². The van der Waals surface area contributed by atoms with Crippen LogP contribution >= 0.6 is 0 Å². The maximum atomic E-state index is 11.3. The fourth-order valence-corrected chi connectivity index (χ4v) is 1.58. The monoisotopic (exact) mass is 205 g/mol. The topological polar surface area (TPSA) is 46.6 Å². The number of rotatable bonds is 4. The molecule has 0 saturated carbocycles. The van der Waals surface area contributed by atoms with Gasteiger partial charge in [-0.05, 0) is 5.56 Å². The van der Waals surface area contributed by atoms with E-state index in [-0.39, 0.29) is 12.1 Å². The van der Waals surface area contributed by atoms with Gasteiger partial charge in [-0.25, -0.2) is 0 Å². The summed E-state index contributed by atoms with van der Waals surface area (Å²) in [7, 11) is 0. The van der Waals surface area contributed by atoms with Gasteiger partial charge in [0.25, 0.3) is 6.47 Å². The van der Waals surface area contributed by atoms with Crippen molar-refractivity contribution >= 4 is 12.4 Å². The molecule has 0 bridgehead atoms. The van der Waals surface area contributed by atoms with E-state index >= 15 is 0 Å². The molecule has 1 aromatic rings. The van der Waals surface area contributed by atoms with E-state index < -0.39 is 0 Å². The molecule has 1 aromatic carbocycles. The van der Waals surface area contributed by atoms with Crippen molar-refractivity contribution < 1.29 is 14.3 Å². The lowest BCUT2D eigenvalue weighted by molar-refractivity contribution is -0.177. The zero-order valence-electron chi connectivity index (χ0n) is 8.13. The number of carbonyl (C=O) groups excluding carboxylic acids is 2. The van der Waals surface area contributed by atoms with Crippen LogP contribution < -0.4 is 0 Å². The number of ether oxygens (including phenoxy) is 1. The zero-order valence-corrected chi connectivity index (χ0v) is 8.13. The first kappa shape index (κ1) is 9.71. The van der Waals surface area contributed by atoms with E-state index in [0.717, 1.165) is 5.56 Å². The molecule has 0 spiro atoms. The Morgan fingerprint density at radius 2 is 2.13 bits per heavy atom. The number of carbonyl (C=O) groups is 2. The normalized spacial score (nSPS) is 19.6. The van der Waals surface area contributed by atoms with Crippen molar-refractivity contribution in [2.24, 2.45) is 0 Å². The lowest BCUT2D eigenvalue weighted by Gasteiger charge is -2.38. The van der Waals surface area contributed by atoms with Gasteiger partial charge in [0.2, 0.25) is 5.91 Å². The first-order chi connectivity index (χ1) is 7.31. The van der Waals surface area contributed by atoms with Crippen LogP contribution in [0.3, 0.4) is 0 Å². The number of nitrogens with zero attached hydrogens (tertiary/aromatic N) is 1. The van der Waals surface area contributed by atoms with Crippen LogP contribution in [0.1, 0.15) is 12.0 Å². The van der Waals surface area contributed by atoms with Gasteiger partial charge in [-0.15, -0.1) is 0 Å². The lowest BCUT2D eigenvalue weighted by Crippen LogP contribution is -2.53. The van der Waals surface area contributed by atoms with E-state index in [4.69, 9.17) is 4.74 Å². The molecule has 1 atom stereocenters. The number of benzene rings is 1. The smallest absolute Gasteiger partial charge is 0.295 e. The van der Waals surface area contributed by atoms with Gasteiger partial charge < -0.3 is 9.64 Å². The van der Waals surface area contributed by atoms with Crippen LogP contribution in [-0.2, 0) is 20.9 Å². The predicted octanol–water partition coefficient (Wildman–Crippen LogP) is 0.918. The fraction of sp³-hybridized carbons (Fsp3) is 0.273. The quantitative estimate of drug-likeness (QED) is 0.542. The molecule has 4 heteroatoms. The minimum Gasteiger partial charge on any atom is -0.443 e. The Hall–Kier alpha value is -1.84. The van der Waals surface area contributed by atoms with Gasteiger partial charge in [-0.2, -0.15) is 0 Å². The van der Waals surface area contributed by atoms with Crippen molar-refractivity contribution in [2.45, 2.75) is 19.2 Å². The van der Waals surface area contributed by atoms with Crippen LogP contribution in [0.5, 0.6) is 0 Å². The summed E-state index contributed by atoms with van der Waals surface area (Å²) in [5.74, 6) is 0.0192. The van der Waals surface area contributed by atoms with Crippen LogP contribution in [0.4, 0.5) is 0 Å². The van der Waals surface area contributed by atoms with Gasteiger partial charge in [0.15, 0.2) is 6.23 Å². The predicted molar refractivity (Wildman–Crippen MR) is 52.5 cm³/mol. The Bertz CT molecular complexity index is 361. The van der Waals surface area contributed by atoms with Crippen LogP contribution in [0.15, 0.2) is 30.3 Å². The molecule has 1 aliphatic rings. The largest absolute Gasteiger partial charge is 0.443 e. The Balaban J connectivity index is 1.99. The summed E-state index contributed by atoms with van der Waals surface area (Å²) in [5, 5.41) is 0. The Labute approximate surface area is 87.4 Å². The minimum absolute atomic E-state index is 0.0192. The van der Waals surface area contributed by atoms with Crippen LogP contribution in [-0.4, -0.2) is 23.5 Å². The molecule has 0 radical (unpaired) electrons. The molecule has 0 aliphatic carbocycles. The summed E-state index contributed by atoms with van der Waals surface area (Å²) in [5.41, 5.74) is 1.03. The SMILES string of the molecule is O=COC1CC(=O)N1Cc1ccccc1. The molecule has 1 heterocycles. The van der Waals surface area contributed by atoms with Crippen LogP contribution in [0, 0.1) is 0 Å². The van der Waals surface area contributed by atoms with Crippen LogP contribution in [0.2, 0.25) is 0 Å². The highest BCUT2D eigenvalue weighted by molar-refractivity contribution is 5.82. The molecule has 78 valence electrons. The molecule has 1 amide bonds. The molecule has 15 heavy (non-hydrogen) atoms. The summed E-state index contributed by atoms with van der Waals surface area (Å²) in [6, 6.07) is 9.61. The summed E-state index contributed by atoms with van der Waals surface area (Å²) >= 11 is 0. The average Bonchev–Trinajstić information content (AvgIpc) is 2.27. The summed E-state index contributed by atoms with van der Waals surface area (Å²) < 4.78 is 4.76. The van der Waals surface area contributed by atoms with Crippen molar-refractivity contribution in [1.82, 2.24) is 4.90 Å². The molecule has 4 nitrogen and oxygen atoms in total. The third-order valence-corrected chi connectivity index (χ3v) is 2.43.